The molecule has 0 amide bonds. The summed E-state index contributed by atoms with van der Waals surface area (Å²) in [7, 11) is 2.22. The minimum atomic E-state index is 0.347. The Kier molecular flexibility index (Phi) is 8.04. The Morgan fingerprint density at radius 2 is 1.50 bits per heavy atom. The van der Waals surface area contributed by atoms with Crippen LogP contribution >= 0.6 is 0 Å². The lowest BCUT2D eigenvalue weighted by atomic mass is 10.0. The molecule has 0 saturated carbocycles. The maximum absolute atomic E-state index is 6.06. The molecule has 0 bridgehead atoms. The van der Waals surface area contributed by atoms with Gasteiger partial charge in [0.05, 0.1) is 0 Å². The van der Waals surface area contributed by atoms with E-state index < -0.39 is 0 Å². The van der Waals surface area contributed by atoms with E-state index in [2.05, 4.69) is 46.6 Å². The van der Waals surface area contributed by atoms with Crippen molar-refractivity contribution in [2.45, 2.75) is 66.0 Å². The fraction of sp³-hybridized carbons (Fsp3) is 1.00. The summed E-state index contributed by atoms with van der Waals surface area (Å²) in [6, 6.07) is 1.03. The SMILES string of the molecule is CC(C)CCC(C)N(C)CCC(N)C(C)C. The van der Waals surface area contributed by atoms with Crippen molar-refractivity contribution in [3.8, 4) is 0 Å². The maximum Gasteiger partial charge on any atom is 0.00740 e. The Bertz CT molecular complexity index is 166. The first-order valence-corrected chi connectivity index (χ1v) is 6.80. The normalized spacial score (nSPS) is 16.1. The summed E-state index contributed by atoms with van der Waals surface area (Å²) in [6.07, 6.45) is 3.73. The van der Waals surface area contributed by atoms with Gasteiger partial charge in [0.2, 0.25) is 0 Å². The molecule has 0 spiro atoms. The quantitative estimate of drug-likeness (QED) is 0.691. The van der Waals surface area contributed by atoms with Crippen LogP contribution in [0.15, 0.2) is 0 Å². The second-order valence-corrected chi connectivity index (χ2v) is 6.00. The molecule has 16 heavy (non-hydrogen) atoms. The molecule has 0 radical (unpaired) electrons. The molecular formula is C14H32N2. The molecule has 0 aliphatic heterocycles. The first-order chi connectivity index (χ1) is 7.34. The van der Waals surface area contributed by atoms with Crippen molar-refractivity contribution in [3.63, 3.8) is 0 Å². The molecule has 0 heterocycles. The Hall–Kier alpha value is -0.0800. The average molecular weight is 228 g/mol. The Morgan fingerprint density at radius 3 is 1.94 bits per heavy atom. The summed E-state index contributed by atoms with van der Waals surface area (Å²) in [6.45, 7) is 12.4. The van der Waals surface area contributed by atoms with Gasteiger partial charge in [0.25, 0.3) is 0 Å². The number of nitrogens with two attached hydrogens (primary N) is 1. The highest BCUT2D eigenvalue weighted by molar-refractivity contribution is 4.70. The van der Waals surface area contributed by atoms with Gasteiger partial charge in [-0.15, -0.1) is 0 Å². The van der Waals surface area contributed by atoms with Gasteiger partial charge in [-0.3, -0.25) is 0 Å². The van der Waals surface area contributed by atoms with Gasteiger partial charge < -0.3 is 10.6 Å². The zero-order chi connectivity index (χ0) is 12.7. The van der Waals surface area contributed by atoms with Crippen molar-refractivity contribution >= 4 is 0 Å². The predicted molar refractivity (Wildman–Crippen MR) is 73.6 cm³/mol. The van der Waals surface area contributed by atoms with Gasteiger partial charge in [-0.05, 0) is 51.6 Å². The molecule has 0 aliphatic carbocycles. The van der Waals surface area contributed by atoms with E-state index in [0.29, 0.717) is 18.0 Å². The van der Waals surface area contributed by atoms with E-state index >= 15 is 0 Å². The lowest BCUT2D eigenvalue weighted by molar-refractivity contribution is 0.222. The van der Waals surface area contributed by atoms with E-state index in [4.69, 9.17) is 5.73 Å². The predicted octanol–water partition coefficient (Wildman–Crippen LogP) is 3.12. The molecule has 0 aromatic carbocycles. The standard InChI is InChI=1S/C14H32N2/c1-11(2)7-8-13(5)16(6)10-9-14(15)12(3)4/h11-14H,7-10,15H2,1-6H3. The van der Waals surface area contributed by atoms with E-state index in [0.717, 1.165) is 18.9 Å². The molecular weight excluding hydrogens is 196 g/mol. The highest BCUT2D eigenvalue weighted by atomic mass is 15.1. The minimum Gasteiger partial charge on any atom is -0.327 e. The topological polar surface area (TPSA) is 29.3 Å². The zero-order valence-corrected chi connectivity index (χ0v) is 12.2. The van der Waals surface area contributed by atoms with Crippen LogP contribution in [0.1, 0.15) is 53.9 Å². The van der Waals surface area contributed by atoms with Crippen LogP contribution in [-0.2, 0) is 0 Å². The first kappa shape index (κ1) is 15.9. The van der Waals surface area contributed by atoms with Crippen LogP contribution in [0.4, 0.5) is 0 Å². The summed E-state index contributed by atoms with van der Waals surface area (Å²) >= 11 is 0. The monoisotopic (exact) mass is 228 g/mol. The molecule has 2 nitrogen and oxygen atoms in total. The second-order valence-electron chi connectivity index (χ2n) is 6.00. The molecule has 2 N–H and O–H groups in total. The van der Waals surface area contributed by atoms with Crippen molar-refractivity contribution in [2.24, 2.45) is 17.6 Å². The average Bonchev–Trinajstić information content (AvgIpc) is 2.21. The van der Waals surface area contributed by atoms with Crippen LogP contribution in [0.3, 0.4) is 0 Å². The summed E-state index contributed by atoms with van der Waals surface area (Å²) in [5, 5.41) is 0. The van der Waals surface area contributed by atoms with E-state index in [1.807, 2.05) is 0 Å². The van der Waals surface area contributed by atoms with E-state index in [1.54, 1.807) is 0 Å². The highest BCUT2D eigenvalue weighted by Gasteiger charge is 2.13. The lowest BCUT2D eigenvalue weighted by Crippen LogP contribution is -2.35. The minimum absolute atomic E-state index is 0.347. The fourth-order valence-electron chi connectivity index (χ4n) is 1.70. The number of hydrogen-bond acceptors (Lipinski definition) is 2. The van der Waals surface area contributed by atoms with Gasteiger partial charge >= 0.3 is 0 Å². The van der Waals surface area contributed by atoms with Gasteiger partial charge in [-0.2, -0.15) is 0 Å². The van der Waals surface area contributed by atoms with Crippen LogP contribution in [0.2, 0.25) is 0 Å². The smallest absolute Gasteiger partial charge is 0.00740 e. The number of hydrogen-bond donors (Lipinski definition) is 1. The number of nitrogens with zero attached hydrogens (tertiary/aromatic N) is 1. The van der Waals surface area contributed by atoms with Crippen LogP contribution in [0.25, 0.3) is 0 Å². The third-order valence-electron chi connectivity index (χ3n) is 3.59. The molecule has 2 heteroatoms. The van der Waals surface area contributed by atoms with Gasteiger partial charge in [0.15, 0.2) is 0 Å². The maximum atomic E-state index is 6.06. The molecule has 0 aromatic heterocycles. The largest absolute Gasteiger partial charge is 0.327 e. The third-order valence-corrected chi connectivity index (χ3v) is 3.59. The molecule has 98 valence electrons. The van der Waals surface area contributed by atoms with E-state index in [1.165, 1.54) is 12.8 Å². The summed E-state index contributed by atoms with van der Waals surface area (Å²) in [5.41, 5.74) is 6.06. The van der Waals surface area contributed by atoms with Crippen LogP contribution in [-0.4, -0.2) is 30.6 Å². The molecule has 0 aliphatic rings. The highest BCUT2D eigenvalue weighted by Crippen LogP contribution is 2.12. The Labute approximate surface area is 103 Å². The molecule has 0 saturated heterocycles. The van der Waals surface area contributed by atoms with Crippen LogP contribution < -0.4 is 5.73 Å². The van der Waals surface area contributed by atoms with Crippen LogP contribution in [0, 0.1) is 11.8 Å². The summed E-state index contributed by atoms with van der Waals surface area (Å²) in [5.74, 6) is 1.41. The second kappa shape index (κ2) is 8.08. The first-order valence-electron chi connectivity index (χ1n) is 6.80. The summed E-state index contributed by atoms with van der Waals surface area (Å²) in [4.78, 5) is 2.45. The van der Waals surface area contributed by atoms with Gasteiger partial charge in [0, 0.05) is 12.1 Å². The summed E-state index contributed by atoms with van der Waals surface area (Å²) < 4.78 is 0. The van der Waals surface area contributed by atoms with E-state index in [-0.39, 0.29) is 0 Å². The van der Waals surface area contributed by atoms with Gasteiger partial charge in [-0.25, -0.2) is 0 Å². The van der Waals surface area contributed by atoms with Crippen molar-refractivity contribution in [1.29, 1.82) is 0 Å². The Morgan fingerprint density at radius 1 is 0.938 bits per heavy atom. The van der Waals surface area contributed by atoms with Gasteiger partial charge in [0.1, 0.15) is 0 Å². The van der Waals surface area contributed by atoms with Gasteiger partial charge in [-0.1, -0.05) is 27.7 Å². The Balaban J connectivity index is 3.74. The fourth-order valence-corrected chi connectivity index (χ4v) is 1.70. The van der Waals surface area contributed by atoms with Crippen LogP contribution in [0.5, 0.6) is 0 Å². The van der Waals surface area contributed by atoms with Crippen molar-refractivity contribution < 1.29 is 0 Å². The number of rotatable bonds is 8. The molecule has 2 atom stereocenters. The third kappa shape index (κ3) is 7.24. The molecule has 0 fully saturated rings. The molecule has 0 aromatic rings. The zero-order valence-electron chi connectivity index (χ0n) is 12.2. The molecule has 0 rings (SSSR count). The van der Waals surface area contributed by atoms with Crippen molar-refractivity contribution in [1.82, 2.24) is 4.90 Å². The lowest BCUT2D eigenvalue weighted by Gasteiger charge is -2.27. The molecule has 2 unspecified atom stereocenters. The van der Waals surface area contributed by atoms with E-state index in [9.17, 15) is 0 Å². The van der Waals surface area contributed by atoms with Crippen molar-refractivity contribution in [2.75, 3.05) is 13.6 Å². The van der Waals surface area contributed by atoms with Crippen molar-refractivity contribution in [3.05, 3.63) is 0 Å².